The van der Waals surface area contributed by atoms with E-state index in [1.807, 2.05) is 11.3 Å². The van der Waals surface area contributed by atoms with E-state index in [9.17, 15) is 0 Å². The lowest BCUT2D eigenvalue weighted by molar-refractivity contribution is 0.632. The first kappa shape index (κ1) is 28.3. The van der Waals surface area contributed by atoms with Gasteiger partial charge in [0, 0.05) is 53.0 Å². The summed E-state index contributed by atoms with van der Waals surface area (Å²) in [5.74, 6) is 0. The molecule has 0 saturated heterocycles. The fourth-order valence-electron chi connectivity index (χ4n) is 8.08. The molecule has 2 aromatic heterocycles. The second-order valence-corrected chi connectivity index (χ2v) is 14.6. The van der Waals surface area contributed by atoms with Crippen LogP contribution in [0.25, 0.3) is 64.2 Å². The summed E-state index contributed by atoms with van der Waals surface area (Å²) in [4.78, 5) is 7.76. The van der Waals surface area contributed by atoms with Gasteiger partial charge in [-0.2, -0.15) is 0 Å². The molecule has 232 valence electrons. The lowest BCUT2D eigenvalue weighted by Crippen LogP contribution is -2.30. The van der Waals surface area contributed by atoms with E-state index < -0.39 is 0 Å². The van der Waals surface area contributed by atoms with Gasteiger partial charge in [0.15, 0.2) is 0 Å². The van der Waals surface area contributed by atoms with Crippen LogP contribution in [0.3, 0.4) is 0 Å². The first-order valence-electron chi connectivity index (χ1n) is 16.9. The maximum Gasteiger partial charge on any atom is 0.0788 e. The average Bonchev–Trinajstić information content (AvgIpc) is 3.54. The normalized spacial score (nSPS) is 13.6. The Balaban J connectivity index is 1.21. The van der Waals surface area contributed by atoms with E-state index in [-0.39, 0.29) is 5.41 Å². The topological polar surface area (TPSA) is 16.1 Å². The standard InChI is InChI=1S/C46H32N2S/c1-46(2)36-18-7-9-20-39(36)48(40-21-10-8-19-37(40)46)32-16-12-15-30(27-32)31-23-25-38-35(28-31)43-34(45(47-38)29-13-4-3-5-14-29)24-26-42-44(43)33-17-6-11-22-41(33)49-42/h3-28H,1-2H3. The van der Waals surface area contributed by atoms with Crippen molar-refractivity contribution < 1.29 is 0 Å². The summed E-state index contributed by atoms with van der Waals surface area (Å²) in [6, 6.07) is 57.5. The fourth-order valence-corrected chi connectivity index (χ4v) is 9.19. The third kappa shape index (κ3) is 4.22. The number of para-hydroxylation sites is 2. The van der Waals surface area contributed by atoms with Crippen molar-refractivity contribution in [1.29, 1.82) is 0 Å². The Kier molecular flexibility index (Phi) is 6.12. The molecule has 9 aromatic rings. The van der Waals surface area contributed by atoms with E-state index in [0.717, 1.165) is 22.5 Å². The number of anilines is 3. The van der Waals surface area contributed by atoms with Crippen LogP contribution in [0.2, 0.25) is 0 Å². The molecule has 1 aliphatic heterocycles. The summed E-state index contributed by atoms with van der Waals surface area (Å²) in [7, 11) is 0. The van der Waals surface area contributed by atoms with Gasteiger partial charge in [-0.05, 0) is 70.8 Å². The smallest absolute Gasteiger partial charge is 0.0788 e. The zero-order valence-corrected chi connectivity index (χ0v) is 28.1. The third-order valence-electron chi connectivity index (χ3n) is 10.4. The highest BCUT2D eigenvalue weighted by Crippen LogP contribution is 2.52. The number of hydrogen-bond acceptors (Lipinski definition) is 3. The van der Waals surface area contributed by atoms with Gasteiger partial charge >= 0.3 is 0 Å². The van der Waals surface area contributed by atoms with Gasteiger partial charge in [-0.3, -0.25) is 0 Å². The summed E-state index contributed by atoms with van der Waals surface area (Å²) >= 11 is 1.87. The molecule has 0 saturated carbocycles. The van der Waals surface area contributed by atoms with Crippen molar-refractivity contribution in [2.24, 2.45) is 0 Å². The minimum Gasteiger partial charge on any atom is -0.310 e. The van der Waals surface area contributed by atoms with Crippen molar-refractivity contribution in [2.45, 2.75) is 19.3 Å². The highest BCUT2D eigenvalue weighted by Gasteiger charge is 2.36. The number of rotatable bonds is 3. The predicted molar refractivity (Wildman–Crippen MR) is 210 cm³/mol. The van der Waals surface area contributed by atoms with E-state index in [4.69, 9.17) is 4.98 Å². The first-order chi connectivity index (χ1) is 24.1. The SMILES string of the molecule is CC1(C)c2ccccc2N(c2cccc(-c3ccc4nc(-c5ccccc5)c5ccc6sc7ccccc7c6c5c4c3)c2)c2ccccc21. The van der Waals surface area contributed by atoms with E-state index in [1.165, 1.54) is 70.0 Å². The average molecular weight is 645 g/mol. The van der Waals surface area contributed by atoms with E-state index in [0.29, 0.717) is 0 Å². The van der Waals surface area contributed by atoms with Gasteiger partial charge < -0.3 is 4.90 Å². The minimum atomic E-state index is -0.0938. The van der Waals surface area contributed by atoms with Crippen LogP contribution in [0.4, 0.5) is 17.1 Å². The lowest BCUT2D eigenvalue weighted by atomic mass is 9.73. The van der Waals surface area contributed by atoms with Gasteiger partial charge in [0.2, 0.25) is 0 Å². The Bertz CT molecular complexity index is 2710. The Labute approximate surface area is 289 Å². The second kappa shape index (κ2) is 10.6. The van der Waals surface area contributed by atoms with Crippen LogP contribution in [-0.2, 0) is 5.41 Å². The van der Waals surface area contributed by atoms with Crippen LogP contribution in [-0.4, -0.2) is 4.98 Å². The molecule has 0 amide bonds. The molecule has 0 fully saturated rings. The molecular weight excluding hydrogens is 613 g/mol. The first-order valence-corrected chi connectivity index (χ1v) is 17.7. The number of nitrogens with zero attached hydrogens (tertiary/aromatic N) is 2. The Morgan fingerprint density at radius 2 is 1.16 bits per heavy atom. The van der Waals surface area contributed by atoms with Crippen LogP contribution < -0.4 is 4.90 Å². The molecule has 1 aliphatic rings. The maximum absolute atomic E-state index is 5.33. The number of benzene rings is 7. The second-order valence-electron chi connectivity index (χ2n) is 13.6. The number of pyridine rings is 1. The van der Waals surface area contributed by atoms with Crippen molar-refractivity contribution >= 4 is 70.2 Å². The van der Waals surface area contributed by atoms with Gasteiger partial charge in [-0.25, -0.2) is 4.98 Å². The number of fused-ring (bicyclic) bond motifs is 9. The molecule has 0 spiro atoms. The Morgan fingerprint density at radius 3 is 1.96 bits per heavy atom. The van der Waals surface area contributed by atoms with Gasteiger partial charge in [-0.1, -0.05) is 123 Å². The molecule has 3 heterocycles. The summed E-state index contributed by atoms with van der Waals surface area (Å²) in [5.41, 5.74) is 11.7. The monoisotopic (exact) mass is 644 g/mol. The zero-order valence-electron chi connectivity index (χ0n) is 27.3. The van der Waals surface area contributed by atoms with Crippen molar-refractivity contribution in [1.82, 2.24) is 4.98 Å². The number of thiophene rings is 1. The van der Waals surface area contributed by atoms with Gasteiger partial charge in [0.25, 0.3) is 0 Å². The molecule has 0 N–H and O–H groups in total. The number of hydrogen-bond donors (Lipinski definition) is 0. The zero-order chi connectivity index (χ0) is 32.7. The summed E-state index contributed by atoms with van der Waals surface area (Å²) in [5, 5.41) is 6.26. The van der Waals surface area contributed by atoms with Crippen LogP contribution in [0.15, 0.2) is 158 Å². The molecule has 0 unspecified atom stereocenters. The molecular formula is C46H32N2S. The molecule has 3 heteroatoms. The quantitative estimate of drug-likeness (QED) is 0.178. The number of aromatic nitrogens is 1. The highest BCUT2D eigenvalue weighted by atomic mass is 32.1. The van der Waals surface area contributed by atoms with Crippen LogP contribution in [0.5, 0.6) is 0 Å². The molecule has 10 rings (SSSR count). The Hall–Kier alpha value is -5.77. The summed E-state index contributed by atoms with van der Waals surface area (Å²) < 4.78 is 2.61. The van der Waals surface area contributed by atoms with Gasteiger partial charge in [0.05, 0.1) is 22.6 Å². The van der Waals surface area contributed by atoms with E-state index >= 15 is 0 Å². The molecule has 7 aromatic carbocycles. The molecule has 0 radical (unpaired) electrons. The molecule has 0 aliphatic carbocycles. The lowest BCUT2D eigenvalue weighted by Gasteiger charge is -2.42. The fraction of sp³-hybridized carbons (Fsp3) is 0.0652. The maximum atomic E-state index is 5.33. The minimum absolute atomic E-state index is 0.0938. The summed E-state index contributed by atoms with van der Waals surface area (Å²) in [6.45, 7) is 4.67. The van der Waals surface area contributed by atoms with Crippen molar-refractivity contribution in [2.75, 3.05) is 4.90 Å². The van der Waals surface area contributed by atoms with Crippen LogP contribution in [0, 0.1) is 0 Å². The highest BCUT2D eigenvalue weighted by molar-refractivity contribution is 7.26. The van der Waals surface area contributed by atoms with Crippen molar-refractivity contribution in [3.63, 3.8) is 0 Å². The molecule has 49 heavy (non-hydrogen) atoms. The van der Waals surface area contributed by atoms with Crippen molar-refractivity contribution in [3.05, 3.63) is 169 Å². The predicted octanol–water partition coefficient (Wildman–Crippen LogP) is 13.2. The Morgan fingerprint density at radius 1 is 0.490 bits per heavy atom. The largest absolute Gasteiger partial charge is 0.310 e. The molecule has 0 atom stereocenters. The van der Waals surface area contributed by atoms with Crippen LogP contribution in [0.1, 0.15) is 25.0 Å². The molecule has 2 nitrogen and oxygen atoms in total. The van der Waals surface area contributed by atoms with E-state index in [1.54, 1.807) is 0 Å². The van der Waals surface area contributed by atoms with Crippen molar-refractivity contribution in [3.8, 4) is 22.4 Å². The molecule has 0 bridgehead atoms. The summed E-state index contributed by atoms with van der Waals surface area (Å²) in [6.07, 6.45) is 0. The van der Waals surface area contributed by atoms with Gasteiger partial charge in [-0.15, -0.1) is 11.3 Å². The van der Waals surface area contributed by atoms with Crippen LogP contribution >= 0.6 is 11.3 Å². The van der Waals surface area contributed by atoms with Gasteiger partial charge in [0.1, 0.15) is 0 Å². The third-order valence-corrected chi connectivity index (χ3v) is 11.6. The van der Waals surface area contributed by atoms with E-state index in [2.05, 4.69) is 176 Å².